The molecule has 38 heavy (non-hydrogen) atoms. The minimum Gasteiger partial charge on any atom is -0.492 e. The first-order valence-corrected chi connectivity index (χ1v) is 13.8. The Morgan fingerprint density at radius 2 is 1.97 bits per heavy atom. The Morgan fingerprint density at radius 3 is 2.76 bits per heavy atom. The van der Waals surface area contributed by atoms with Crippen LogP contribution in [0.3, 0.4) is 0 Å². The molecule has 5 rings (SSSR count). The Bertz CT molecular complexity index is 1410. The predicted octanol–water partition coefficient (Wildman–Crippen LogP) is 3.83. The Balaban J connectivity index is 1.22. The lowest BCUT2D eigenvalue weighted by Gasteiger charge is -2.25. The fraction of sp³-hybridized carbons (Fsp3) is 0.286. The van der Waals surface area contributed by atoms with Crippen LogP contribution in [0.1, 0.15) is 11.1 Å². The minimum absolute atomic E-state index is 0.629. The number of nitrogens with one attached hydrogen (secondary N) is 1. The van der Waals surface area contributed by atoms with Gasteiger partial charge < -0.3 is 15.8 Å². The minimum atomic E-state index is 0.629. The summed E-state index contributed by atoms with van der Waals surface area (Å²) in [5.74, 6) is 3.98. The molecule has 196 valence electrons. The Labute approximate surface area is 226 Å². The second-order valence-corrected chi connectivity index (χ2v) is 10.1. The maximum atomic E-state index is 6.01. The van der Waals surface area contributed by atoms with Gasteiger partial charge in [0, 0.05) is 81.0 Å². The van der Waals surface area contributed by atoms with Crippen molar-refractivity contribution in [2.75, 3.05) is 50.1 Å². The maximum Gasteiger partial charge on any atom is 0.140 e. The van der Waals surface area contributed by atoms with E-state index in [-0.39, 0.29) is 0 Å². The van der Waals surface area contributed by atoms with Gasteiger partial charge in [0.05, 0.1) is 17.6 Å². The lowest BCUT2D eigenvalue weighted by Crippen LogP contribution is -2.35. The molecule has 0 aliphatic carbocycles. The smallest absolute Gasteiger partial charge is 0.140 e. The zero-order valence-corrected chi connectivity index (χ0v) is 22.3. The van der Waals surface area contributed by atoms with Crippen LogP contribution in [0.25, 0.3) is 22.6 Å². The predicted molar refractivity (Wildman–Crippen MR) is 156 cm³/mol. The molecule has 0 radical (unpaired) electrons. The highest BCUT2D eigenvalue weighted by Gasteiger charge is 2.12. The van der Waals surface area contributed by atoms with Gasteiger partial charge in [0.15, 0.2) is 0 Å². The van der Waals surface area contributed by atoms with Crippen molar-refractivity contribution in [1.82, 2.24) is 24.3 Å². The number of nitrogens with zero attached hydrogens (tertiary/aromatic N) is 6. The molecule has 10 heteroatoms. The van der Waals surface area contributed by atoms with Gasteiger partial charge in [0.25, 0.3) is 0 Å². The van der Waals surface area contributed by atoms with E-state index < -0.39 is 0 Å². The number of hydrogen-bond donors (Lipinski definition) is 2. The van der Waals surface area contributed by atoms with E-state index in [0.29, 0.717) is 13.2 Å². The van der Waals surface area contributed by atoms with Crippen LogP contribution in [0.2, 0.25) is 0 Å². The Morgan fingerprint density at radius 1 is 1.13 bits per heavy atom. The molecule has 4 aromatic rings. The van der Waals surface area contributed by atoms with Crippen molar-refractivity contribution in [3.63, 3.8) is 0 Å². The first kappa shape index (κ1) is 25.7. The summed E-state index contributed by atoms with van der Waals surface area (Å²) in [7, 11) is 1.73. The number of pyridine rings is 1. The third-order valence-corrected chi connectivity index (χ3v) is 7.35. The highest BCUT2D eigenvalue weighted by atomic mass is 32.2. The number of ether oxygens (including phenoxy) is 1. The lowest BCUT2D eigenvalue weighted by molar-refractivity contribution is 0.222. The molecule has 1 fully saturated rings. The number of fused-ring (bicyclic) bond motifs is 1. The van der Waals surface area contributed by atoms with E-state index in [9.17, 15) is 0 Å². The van der Waals surface area contributed by atoms with Crippen molar-refractivity contribution in [2.45, 2.75) is 6.54 Å². The van der Waals surface area contributed by atoms with Gasteiger partial charge >= 0.3 is 0 Å². The molecule has 1 saturated heterocycles. The van der Waals surface area contributed by atoms with Crippen LogP contribution >= 0.6 is 11.8 Å². The van der Waals surface area contributed by atoms with Crippen molar-refractivity contribution in [3.8, 4) is 17.1 Å². The van der Waals surface area contributed by atoms with Crippen molar-refractivity contribution >= 4 is 35.0 Å². The van der Waals surface area contributed by atoms with E-state index >= 15 is 0 Å². The first-order valence-electron chi connectivity index (χ1n) is 12.6. The average Bonchev–Trinajstić information content (AvgIpc) is 3.39. The largest absolute Gasteiger partial charge is 0.492 e. The van der Waals surface area contributed by atoms with Gasteiger partial charge in [-0.15, -0.1) is 0 Å². The summed E-state index contributed by atoms with van der Waals surface area (Å²) in [4.78, 5) is 20.0. The van der Waals surface area contributed by atoms with E-state index in [2.05, 4.69) is 42.3 Å². The van der Waals surface area contributed by atoms with Crippen molar-refractivity contribution in [1.29, 1.82) is 0 Å². The molecular weight excluding hydrogens is 496 g/mol. The van der Waals surface area contributed by atoms with Crippen molar-refractivity contribution in [3.05, 3.63) is 78.5 Å². The number of benzene rings is 1. The van der Waals surface area contributed by atoms with Crippen LogP contribution < -0.4 is 15.8 Å². The van der Waals surface area contributed by atoms with Gasteiger partial charge in [0.2, 0.25) is 0 Å². The van der Waals surface area contributed by atoms with E-state index in [0.717, 1.165) is 64.9 Å². The van der Waals surface area contributed by atoms with Crippen molar-refractivity contribution in [2.24, 2.45) is 10.7 Å². The van der Waals surface area contributed by atoms with Gasteiger partial charge in [0.1, 0.15) is 30.1 Å². The number of rotatable bonds is 10. The van der Waals surface area contributed by atoms with Crippen LogP contribution in [0.15, 0.2) is 72.4 Å². The summed E-state index contributed by atoms with van der Waals surface area (Å²) in [6, 6.07) is 14.1. The molecule has 0 bridgehead atoms. The van der Waals surface area contributed by atoms with Gasteiger partial charge in [-0.2, -0.15) is 11.8 Å². The van der Waals surface area contributed by atoms with E-state index in [4.69, 9.17) is 10.5 Å². The molecule has 0 amide bonds. The van der Waals surface area contributed by atoms with Crippen LogP contribution in [-0.4, -0.2) is 75.3 Å². The molecule has 0 unspecified atom stereocenters. The number of aromatic nitrogens is 4. The molecule has 3 aromatic heterocycles. The normalized spacial score (nSPS) is 14.8. The molecule has 4 heterocycles. The number of aliphatic imine (C=N–C) groups is 1. The Hall–Kier alpha value is -3.89. The SMILES string of the molecule is CN=C/C(=C\N)c1ccc(CNc2cc(-c3cnc4cc(OCCN5CCSCC5)ccn34)ncn2)cc1. The van der Waals surface area contributed by atoms with Crippen LogP contribution in [0.5, 0.6) is 5.75 Å². The second-order valence-electron chi connectivity index (χ2n) is 8.88. The third-order valence-electron chi connectivity index (χ3n) is 6.40. The van der Waals surface area contributed by atoms with Gasteiger partial charge in [-0.1, -0.05) is 24.3 Å². The van der Waals surface area contributed by atoms with E-state index in [1.54, 1.807) is 25.8 Å². The fourth-order valence-corrected chi connectivity index (χ4v) is 5.29. The Kier molecular flexibility index (Phi) is 8.52. The highest BCUT2D eigenvalue weighted by Crippen LogP contribution is 2.23. The fourth-order valence-electron chi connectivity index (χ4n) is 4.31. The molecular formula is C28H32N8OS. The van der Waals surface area contributed by atoms with Gasteiger partial charge in [-0.25, -0.2) is 15.0 Å². The van der Waals surface area contributed by atoms with Gasteiger partial charge in [-0.3, -0.25) is 14.3 Å². The summed E-state index contributed by atoms with van der Waals surface area (Å²) in [5.41, 5.74) is 11.2. The number of thioether (sulfide) groups is 1. The van der Waals surface area contributed by atoms with Crippen LogP contribution in [0.4, 0.5) is 5.82 Å². The summed E-state index contributed by atoms with van der Waals surface area (Å²) in [6.45, 7) is 4.54. The van der Waals surface area contributed by atoms with Gasteiger partial charge in [-0.05, 0) is 17.2 Å². The average molecular weight is 529 g/mol. The molecule has 0 atom stereocenters. The summed E-state index contributed by atoms with van der Waals surface area (Å²) < 4.78 is 8.03. The molecule has 0 saturated carbocycles. The van der Waals surface area contributed by atoms with Crippen molar-refractivity contribution < 1.29 is 4.74 Å². The molecule has 1 aromatic carbocycles. The lowest BCUT2D eigenvalue weighted by atomic mass is 10.1. The molecule has 0 spiro atoms. The number of allylic oxidation sites excluding steroid dienone is 1. The molecule has 9 nitrogen and oxygen atoms in total. The third kappa shape index (κ3) is 6.32. The number of anilines is 1. The van der Waals surface area contributed by atoms with Crippen LogP contribution in [0, 0.1) is 0 Å². The summed E-state index contributed by atoms with van der Waals surface area (Å²) >= 11 is 2.02. The topological polar surface area (TPSA) is 106 Å². The zero-order valence-electron chi connectivity index (χ0n) is 21.5. The summed E-state index contributed by atoms with van der Waals surface area (Å²) in [5, 5.41) is 3.39. The first-order chi connectivity index (χ1) is 18.7. The number of hydrogen-bond acceptors (Lipinski definition) is 9. The quantitative estimate of drug-likeness (QED) is 0.299. The number of nitrogens with two attached hydrogens (primary N) is 1. The summed E-state index contributed by atoms with van der Waals surface area (Å²) in [6.07, 6.45) is 8.69. The highest BCUT2D eigenvalue weighted by molar-refractivity contribution is 7.99. The molecule has 3 N–H and O–H groups in total. The second kappa shape index (κ2) is 12.6. The van der Waals surface area contributed by atoms with E-state index in [1.165, 1.54) is 11.5 Å². The molecule has 1 aliphatic rings. The standard InChI is InChI=1S/C28H32N8OS/c1-30-18-23(16-29)22-4-2-21(3-5-22)17-31-27-15-25(33-20-34-27)26-19-32-28-14-24(6-7-36(26)28)37-11-8-35-9-12-38-13-10-35/h2-7,14-16,18-20H,8-13,17,29H2,1H3,(H,31,33,34)/b23-16+,30-18?. The van der Waals surface area contributed by atoms with E-state index in [1.807, 2.05) is 58.9 Å². The van der Waals surface area contributed by atoms with Crippen LogP contribution in [-0.2, 0) is 6.54 Å². The monoisotopic (exact) mass is 528 g/mol. The number of imidazole rings is 1. The molecule has 1 aliphatic heterocycles. The maximum absolute atomic E-state index is 6.01. The zero-order chi connectivity index (χ0) is 26.2.